The Kier molecular flexibility index (Phi) is 11.3. The minimum atomic E-state index is 0. The Labute approximate surface area is 198 Å². The summed E-state index contributed by atoms with van der Waals surface area (Å²) < 4.78 is 0. The second kappa shape index (κ2) is 12.9. The fourth-order valence-corrected chi connectivity index (χ4v) is 3.13. The molecule has 4 heteroatoms. The molecule has 3 rings (SSSR count). The molecule has 0 saturated heterocycles. The summed E-state index contributed by atoms with van der Waals surface area (Å²) in [6, 6.07) is 17.5. The van der Waals surface area contributed by atoms with Gasteiger partial charge in [-0.05, 0) is 37.5 Å². The number of ketones is 1. The molecular weight excluding hydrogens is 367 g/mol. The molecule has 150 valence electrons. The summed E-state index contributed by atoms with van der Waals surface area (Å²) >= 11 is 0. The topological polar surface area (TPSA) is 32.3 Å². The van der Waals surface area contributed by atoms with Crippen molar-refractivity contribution >= 4 is 17.2 Å². The summed E-state index contributed by atoms with van der Waals surface area (Å²) in [4.78, 5) is 14.4. The molecule has 0 fully saturated rings. The van der Waals surface area contributed by atoms with E-state index in [9.17, 15) is 4.79 Å². The number of carbonyl (C=O) groups is 1. The number of nitrogens with zero attached hydrogens (tertiary/aromatic N) is 1. The second-order valence-electron chi connectivity index (χ2n) is 7.69. The standard InChI is InChI=1S/C21H23N2O.C4H10.Na/c1-3-23(4-2)18-10-11-20-17(12-18)13-19(24)14-21(20)22-15-16-8-6-5-7-9-16;1-4(2)3;/h5-8,10-12,14,22H,3-4,13,15H2,1-2H3;4H,1-3H3;/q-1;;+1. The smallest absolute Gasteiger partial charge is 0.382 e. The van der Waals surface area contributed by atoms with Crippen molar-refractivity contribution in [1.82, 2.24) is 5.32 Å². The first-order chi connectivity index (χ1) is 13.4. The first-order valence-electron chi connectivity index (χ1n) is 10.3. The fraction of sp³-hybridized carbons (Fsp3) is 0.400. The predicted molar refractivity (Wildman–Crippen MR) is 119 cm³/mol. The predicted octanol–water partition coefficient (Wildman–Crippen LogP) is 2.26. The summed E-state index contributed by atoms with van der Waals surface area (Å²) in [6.45, 7) is 13.4. The van der Waals surface area contributed by atoms with Gasteiger partial charge in [-0.15, -0.1) is 5.56 Å². The maximum atomic E-state index is 12.1. The van der Waals surface area contributed by atoms with Gasteiger partial charge in [-0.1, -0.05) is 26.8 Å². The van der Waals surface area contributed by atoms with Crippen LogP contribution in [0, 0.1) is 12.0 Å². The molecule has 0 saturated carbocycles. The molecule has 29 heavy (non-hydrogen) atoms. The molecule has 2 aromatic carbocycles. The van der Waals surface area contributed by atoms with Crippen LogP contribution >= 0.6 is 0 Å². The molecule has 1 aliphatic carbocycles. The largest absolute Gasteiger partial charge is 1.00 e. The SMILES string of the molecule is CC(C)C.CCN(CC)c1ccc2c(c1)CC(=O)C=C2NCc1[c-]cccc1.[Na+]. The fourth-order valence-electron chi connectivity index (χ4n) is 3.13. The average Bonchev–Trinajstić information content (AvgIpc) is 2.67. The van der Waals surface area contributed by atoms with Gasteiger partial charge in [0.05, 0.1) is 0 Å². The first-order valence-corrected chi connectivity index (χ1v) is 10.3. The van der Waals surface area contributed by atoms with Crippen molar-refractivity contribution in [2.24, 2.45) is 5.92 Å². The van der Waals surface area contributed by atoms with Gasteiger partial charge >= 0.3 is 29.6 Å². The number of hydrogen-bond donors (Lipinski definition) is 1. The van der Waals surface area contributed by atoms with Crippen molar-refractivity contribution in [3.8, 4) is 0 Å². The number of allylic oxidation sites excluding steroid dienone is 1. The van der Waals surface area contributed by atoms with E-state index < -0.39 is 0 Å². The maximum absolute atomic E-state index is 12.1. The maximum Gasteiger partial charge on any atom is 1.00 e. The number of rotatable bonds is 6. The van der Waals surface area contributed by atoms with Crippen molar-refractivity contribution in [3.63, 3.8) is 0 Å². The van der Waals surface area contributed by atoms with E-state index in [2.05, 4.69) is 69.1 Å². The van der Waals surface area contributed by atoms with E-state index in [0.717, 1.165) is 41.4 Å². The number of hydrogen-bond acceptors (Lipinski definition) is 3. The van der Waals surface area contributed by atoms with E-state index in [1.54, 1.807) is 6.08 Å². The first kappa shape index (κ1) is 25.5. The van der Waals surface area contributed by atoms with E-state index in [4.69, 9.17) is 0 Å². The third-order valence-corrected chi connectivity index (χ3v) is 4.42. The molecule has 3 nitrogen and oxygen atoms in total. The van der Waals surface area contributed by atoms with E-state index in [1.807, 2.05) is 24.3 Å². The summed E-state index contributed by atoms with van der Waals surface area (Å²) in [5.41, 5.74) is 5.40. The molecule has 2 aromatic rings. The van der Waals surface area contributed by atoms with Crippen LogP contribution in [0.4, 0.5) is 5.69 Å². The zero-order valence-corrected chi connectivity index (χ0v) is 20.9. The van der Waals surface area contributed by atoms with E-state index >= 15 is 0 Å². The molecule has 0 aromatic heterocycles. The van der Waals surface area contributed by atoms with Crippen LogP contribution in [-0.2, 0) is 17.8 Å². The van der Waals surface area contributed by atoms with Gasteiger partial charge in [0.25, 0.3) is 0 Å². The average molecular weight is 401 g/mol. The van der Waals surface area contributed by atoms with Crippen LogP contribution in [0.2, 0.25) is 0 Å². The molecule has 0 bridgehead atoms. The van der Waals surface area contributed by atoms with E-state index in [1.165, 1.54) is 5.69 Å². The number of fused-ring (bicyclic) bond motifs is 1. The molecule has 0 spiro atoms. The summed E-state index contributed by atoms with van der Waals surface area (Å²) in [6.07, 6.45) is 2.20. The van der Waals surface area contributed by atoms with Crippen molar-refractivity contribution in [2.75, 3.05) is 18.0 Å². The van der Waals surface area contributed by atoms with Gasteiger partial charge in [0.1, 0.15) is 0 Å². The Morgan fingerprint density at radius 1 is 1.10 bits per heavy atom. The Hall–Kier alpha value is -1.55. The van der Waals surface area contributed by atoms with Crippen molar-refractivity contribution in [1.29, 1.82) is 0 Å². The zero-order valence-electron chi connectivity index (χ0n) is 18.9. The van der Waals surface area contributed by atoms with Gasteiger partial charge in [-0.3, -0.25) is 4.79 Å². The molecular formula is C25H33N2NaO. The van der Waals surface area contributed by atoms with Crippen LogP contribution in [0.15, 0.2) is 48.5 Å². The number of carbonyl (C=O) groups excluding carboxylic acids is 1. The van der Waals surface area contributed by atoms with Crippen LogP contribution < -0.4 is 39.8 Å². The monoisotopic (exact) mass is 400 g/mol. The molecule has 0 aliphatic heterocycles. The Bertz CT molecular complexity index is 793. The van der Waals surface area contributed by atoms with Gasteiger partial charge in [-0.25, -0.2) is 0 Å². The Balaban J connectivity index is 0.000000771. The number of benzene rings is 2. The number of anilines is 1. The second-order valence-corrected chi connectivity index (χ2v) is 7.69. The van der Waals surface area contributed by atoms with Crippen molar-refractivity contribution in [2.45, 2.75) is 47.6 Å². The Morgan fingerprint density at radius 3 is 2.38 bits per heavy atom. The van der Waals surface area contributed by atoms with Crippen molar-refractivity contribution < 1.29 is 34.4 Å². The molecule has 0 unspecified atom stereocenters. The molecule has 0 radical (unpaired) electrons. The zero-order chi connectivity index (χ0) is 20.5. The molecule has 0 atom stereocenters. The summed E-state index contributed by atoms with van der Waals surface area (Å²) in [5.74, 6) is 0.985. The van der Waals surface area contributed by atoms with Gasteiger partial charge in [-0.2, -0.15) is 30.3 Å². The minimum absolute atomic E-state index is 0. The van der Waals surface area contributed by atoms with Gasteiger partial charge in [0.2, 0.25) is 0 Å². The Morgan fingerprint density at radius 2 is 1.79 bits per heavy atom. The van der Waals surface area contributed by atoms with Gasteiger partial charge in [0.15, 0.2) is 5.78 Å². The third-order valence-electron chi connectivity index (χ3n) is 4.42. The summed E-state index contributed by atoms with van der Waals surface area (Å²) in [5, 5.41) is 3.40. The molecule has 0 amide bonds. The van der Waals surface area contributed by atoms with Crippen LogP contribution in [0.3, 0.4) is 0 Å². The number of nitrogens with one attached hydrogen (secondary N) is 1. The van der Waals surface area contributed by atoms with Crippen LogP contribution in [0.5, 0.6) is 0 Å². The normalized spacial score (nSPS) is 12.2. The third kappa shape index (κ3) is 8.00. The van der Waals surface area contributed by atoms with E-state index in [-0.39, 0.29) is 35.3 Å². The van der Waals surface area contributed by atoms with Gasteiger partial charge < -0.3 is 10.2 Å². The van der Waals surface area contributed by atoms with Crippen LogP contribution in [0.25, 0.3) is 5.70 Å². The summed E-state index contributed by atoms with van der Waals surface area (Å²) in [7, 11) is 0. The van der Waals surface area contributed by atoms with E-state index in [0.29, 0.717) is 13.0 Å². The quantitative estimate of drug-likeness (QED) is 0.596. The van der Waals surface area contributed by atoms with Crippen LogP contribution in [-0.4, -0.2) is 18.9 Å². The van der Waals surface area contributed by atoms with Gasteiger partial charge in [0, 0.05) is 49.1 Å². The van der Waals surface area contributed by atoms with Crippen molar-refractivity contribution in [3.05, 3.63) is 71.3 Å². The van der Waals surface area contributed by atoms with Crippen LogP contribution in [0.1, 0.15) is 51.3 Å². The molecule has 1 aliphatic rings. The minimum Gasteiger partial charge on any atom is -0.382 e. The molecule has 0 heterocycles. The molecule has 1 N–H and O–H groups in total.